The number of halogens is 4. The van der Waals surface area contributed by atoms with E-state index in [0.717, 1.165) is 9.13 Å². The normalized spacial score (nSPS) is 21.0. The summed E-state index contributed by atoms with van der Waals surface area (Å²) in [4.78, 5) is 82.1. The Kier molecular flexibility index (Phi) is 18.0. The van der Waals surface area contributed by atoms with Crippen molar-refractivity contribution in [2.24, 2.45) is 7.05 Å². The number of esters is 2. The number of aryl methyl sites for hydroxylation is 2. The molecule has 23 nitrogen and oxygen atoms in total. The van der Waals surface area contributed by atoms with E-state index in [9.17, 15) is 55.7 Å². The first-order valence-corrected chi connectivity index (χ1v) is 21.6. The van der Waals surface area contributed by atoms with E-state index >= 15 is 0 Å². The summed E-state index contributed by atoms with van der Waals surface area (Å²) in [5, 5.41) is 21.9. The molecule has 362 valence electrons. The van der Waals surface area contributed by atoms with Crippen molar-refractivity contribution in [3.8, 4) is 6.07 Å². The van der Waals surface area contributed by atoms with Gasteiger partial charge in [0.2, 0.25) is 6.33 Å². The standard InChI is InChI=1S/C38H43N8O15P.BF4/c1-24-20-46(38(53)42-35(24)50)32-17-26(60-34(49)19-33(48)55-16-14-44-13-12-43(2)23-44)29(59-32)22-57-62(54,56-15-6-10-39)61-27-18-31(58-28(27)21-47)45-11-9-30(41-37(45)52)40-36(51)25-7-4-3-5-8-25;2-1(3,4)5/h3-5,7-9,11-13,20,23,26-29,31-32,47H,6,14-19,21-22H2,1-2H3,(H-,40,41,42,50,51,52,53);/q;-1/p+1/t26-,27-,28+,29+,31+,32+,62?;/m0./s1. The predicted molar refractivity (Wildman–Crippen MR) is 219 cm³/mol. The van der Waals surface area contributed by atoms with Crippen molar-refractivity contribution < 1.29 is 78.4 Å². The van der Waals surface area contributed by atoms with Gasteiger partial charge in [-0.15, -0.1) is 0 Å². The van der Waals surface area contributed by atoms with Gasteiger partial charge in [0.05, 0.1) is 39.4 Å². The van der Waals surface area contributed by atoms with Gasteiger partial charge in [-0.05, 0) is 25.1 Å². The summed E-state index contributed by atoms with van der Waals surface area (Å²) in [5.41, 5.74) is -1.78. The van der Waals surface area contributed by atoms with E-state index in [4.69, 9.17) is 37.8 Å². The molecule has 2 aliphatic rings. The highest BCUT2D eigenvalue weighted by Crippen LogP contribution is 2.54. The van der Waals surface area contributed by atoms with Crippen LogP contribution in [0.5, 0.6) is 0 Å². The third-order valence-corrected chi connectivity index (χ3v) is 11.0. The molecule has 0 aliphatic carbocycles. The SMILES string of the molecule is Cc1cn([C@H]2C[C@H](OC(=O)CC(=O)OCCn3cc[n+](C)c3)[C@@H](COP(=O)(OCCC#N)O[C@H]3C[C@H](n4ccc(NC(=O)c5ccccc5)nc4=O)O[C@@H]3CO)O2)c(=O)[nH]c1=O.F[B-](F)(F)F. The highest BCUT2D eigenvalue weighted by molar-refractivity contribution is 7.48. The Bertz CT molecular complexity index is 2620. The van der Waals surface area contributed by atoms with Crippen LogP contribution in [0.2, 0.25) is 0 Å². The largest absolute Gasteiger partial charge is 0.673 e. The first-order chi connectivity index (χ1) is 31.7. The summed E-state index contributed by atoms with van der Waals surface area (Å²) in [5.74, 6) is -2.41. The monoisotopic (exact) mass is 970 g/mol. The van der Waals surface area contributed by atoms with E-state index in [1.165, 1.54) is 25.4 Å². The number of H-pyrrole nitrogens is 1. The van der Waals surface area contributed by atoms with Gasteiger partial charge in [-0.2, -0.15) is 10.2 Å². The van der Waals surface area contributed by atoms with Gasteiger partial charge >= 0.3 is 38.4 Å². The van der Waals surface area contributed by atoms with Gasteiger partial charge < -0.3 is 46.6 Å². The number of rotatable bonds is 19. The Balaban J connectivity index is 0.00000159. The molecule has 6 rings (SSSR count). The Morgan fingerprint density at radius 1 is 1.00 bits per heavy atom. The number of ether oxygens (including phenoxy) is 4. The Morgan fingerprint density at radius 3 is 2.34 bits per heavy atom. The van der Waals surface area contributed by atoms with Crippen LogP contribution in [-0.2, 0) is 60.3 Å². The quantitative estimate of drug-likeness (QED) is 0.0230. The molecule has 1 unspecified atom stereocenters. The number of hydrogen-bond donors (Lipinski definition) is 3. The first kappa shape index (κ1) is 51.6. The summed E-state index contributed by atoms with van der Waals surface area (Å²) < 4.78 is 98.6. The fraction of sp³-hybridized carbons (Fsp3) is 0.447. The fourth-order valence-corrected chi connectivity index (χ4v) is 7.88. The van der Waals surface area contributed by atoms with Gasteiger partial charge in [0.25, 0.3) is 11.5 Å². The molecule has 0 radical (unpaired) electrons. The number of amides is 1. The van der Waals surface area contributed by atoms with Crippen molar-refractivity contribution in [3.63, 3.8) is 0 Å². The molecule has 4 aromatic rings. The Labute approximate surface area is 376 Å². The summed E-state index contributed by atoms with van der Waals surface area (Å²) in [6, 6.07) is 11.5. The average molecular weight is 971 g/mol. The molecule has 3 aromatic heterocycles. The van der Waals surface area contributed by atoms with E-state index in [0.29, 0.717) is 12.1 Å². The number of nitriles is 1. The summed E-state index contributed by atoms with van der Waals surface area (Å²) in [6.45, 7) is -0.0103. The van der Waals surface area contributed by atoms with Crippen LogP contribution in [0.25, 0.3) is 0 Å². The zero-order valence-corrected chi connectivity index (χ0v) is 36.5. The fourth-order valence-electron chi connectivity index (χ4n) is 6.48. The van der Waals surface area contributed by atoms with Crippen molar-refractivity contribution in [1.29, 1.82) is 5.26 Å². The number of phosphoric acid groups is 1. The number of carbonyl (C=O) groups excluding carboxylic acids is 3. The number of nitrogens with zero attached hydrogens (tertiary/aromatic N) is 6. The molecular weight excluding hydrogens is 926 g/mol. The van der Waals surface area contributed by atoms with Crippen LogP contribution >= 0.6 is 7.82 Å². The Hall–Kier alpha value is -6.34. The van der Waals surface area contributed by atoms with Crippen LogP contribution in [-0.4, -0.2) is 105 Å². The van der Waals surface area contributed by atoms with Gasteiger partial charge in [-0.1, -0.05) is 18.2 Å². The molecule has 0 bridgehead atoms. The molecule has 1 aromatic carbocycles. The molecule has 0 saturated carbocycles. The number of hydrogen-bond acceptors (Lipinski definition) is 17. The number of nitrogens with one attached hydrogen (secondary N) is 2. The minimum Gasteiger partial charge on any atom is -0.461 e. The Morgan fingerprint density at radius 2 is 1.69 bits per heavy atom. The van der Waals surface area contributed by atoms with Crippen LogP contribution in [0, 0.1) is 18.3 Å². The molecule has 2 aliphatic heterocycles. The molecule has 29 heteroatoms. The van der Waals surface area contributed by atoms with Crippen LogP contribution in [0.1, 0.15) is 54.1 Å². The van der Waals surface area contributed by atoms with Gasteiger partial charge in [0, 0.05) is 36.4 Å². The first-order valence-electron chi connectivity index (χ1n) is 20.1. The third-order valence-electron chi connectivity index (χ3n) is 9.55. The second kappa shape index (κ2) is 23.4. The lowest BCUT2D eigenvalue weighted by molar-refractivity contribution is -0.671. The number of imidazole rings is 1. The molecule has 3 N–H and O–H groups in total. The number of phosphoric ester groups is 1. The lowest BCUT2D eigenvalue weighted by Gasteiger charge is -2.25. The smallest absolute Gasteiger partial charge is 0.461 e. The van der Waals surface area contributed by atoms with Crippen molar-refractivity contribution in [2.75, 3.05) is 31.7 Å². The number of aromatic nitrogens is 6. The number of carbonyl (C=O) groups is 3. The maximum atomic E-state index is 14.2. The summed E-state index contributed by atoms with van der Waals surface area (Å²) in [6.07, 6.45) is -0.658. The topological polar surface area (TPSA) is 287 Å². The van der Waals surface area contributed by atoms with Crippen LogP contribution in [0.15, 0.2) is 81.9 Å². The van der Waals surface area contributed by atoms with Crippen LogP contribution in [0.3, 0.4) is 0 Å². The number of benzene rings is 1. The molecule has 0 spiro atoms. The van der Waals surface area contributed by atoms with E-state index in [1.807, 2.05) is 13.1 Å². The van der Waals surface area contributed by atoms with Gasteiger partial charge in [0.1, 0.15) is 74.7 Å². The van der Waals surface area contributed by atoms with Gasteiger partial charge in [0.15, 0.2) is 0 Å². The molecule has 2 saturated heterocycles. The minimum absolute atomic E-state index is 0.0277. The van der Waals surface area contributed by atoms with Crippen molar-refractivity contribution >= 4 is 38.7 Å². The van der Waals surface area contributed by atoms with Crippen molar-refractivity contribution in [2.45, 2.75) is 76.0 Å². The molecule has 5 heterocycles. The number of aliphatic hydroxyl groups is 1. The lowest BCUT2D eigenvalue weighted by Crippen LogP contribution is -2.33. The minimum atomic E-state index is -6.00. The van der Waals surface area contributed by atoms with Crippen LogP contribution in [0.4, 0.5) is 23.1 Å². The van der Waals surface area contributed by atoms with Crippen molar-refractivity contribution in [1.82, 2.24) is 23.7 Å². The van der Waals surface area contributed by atoms with Crippen molar-refractivity contribution in [3.05, 3.63) is 110 Å². The molecule has 67 heavy (non-hydrogen) atoms. The maximum absolute atomic E-state index is 14.2. The van der Waals surface area contributed by atoms with E-state index in [2.05, 4.69) is 15.3 Å². The zero-order chi connectivity index (χ0) is 48.9. The molecule has 7 atom stereocenters. The second-order valence-electron chi connectivity index (χ2n) is 14.6. The maximum Gasteiger partial charge on any atom is 0.673 e. The number of aliphatic hydroxyl groups excluding tert-OH is 1. The molecular formula is C38H44BF4N8O15P. The molecule has 2 fully saturated rings. The summed E-state index contributed by atoms with van der Waals surface area (Å²) in [7, 11) is -8.90. The lowest BCUT2D eigenvalue weighted by atomic mass is 10.2. The average Bonchev–Trinajstić information content (AvgIpc) is 3.99. The van der Waals surface area contributed by atoms with E-state index in [1.54, 1.807) is 58.2 Å². The third kappa shape index (κ3) is 15.6. The second-order valence-corrected chi connectivity index (χ2v) is 16.2. The van der Waals surface area contributed by atoms with E-state index in [-0.39, 0.29) is 37.3 Å². The van der Waals surface area contributed by atoms with Crippen LogP contribution < -0.4 is 26.8 Å². The highest BCUT2D eigenvalue weighted by Gasteiger charge is 2.46. The predicted octanol–water partition coefficient (Wildman–Crippen LogP) is 1.83. The van der Waals surface area contributed by atoms with Gasteiger partial charge in [-0.25, -0.2) is 23.3 Å². The van der Waals surface area contributed by atoms with E-state index < -0.39 is 113 Å². The zero-order valence-electron chi connectivity index (χ0n) is 35.6. The van der Waals surface area contributed by atoms with Gasteiger partial charge in [-0.3, -0.25) is 46.9 Å². The summed E-state index contributed by atoms with van der Waals surface area (Å²) >= 11 is 0. The number of aromatic amines is 1. The highest BCUT2D eigenvalue weighted by atomic mass is 31.2. The number of anilines is 1. The molecule has 1 amide bonds.